The predicted molar refractivity (Wildman–Crippen MR) is 45.0 cm³/mol. The van der Waals surface area contributed by atoms with E-state index < -0.39 is 0 Å². The fourth-order valence-corrected chi connectivity index (χ4v) is 0. The van der Waals surface area contributed by atoms with Gasteiger partial charge in [0.05, 0.1) is 0 Å². The summed E-state index contributed by atoms with van der Waals surface area (Å²) in [6.07, 6.45) is 2.27. The molecule has 0 heterocycles. The molecule has 0 bridgehead atoms. The minimum atomic E-state index is 0. The maximum atomic E-state index is 4.55. The van der Waals surface area contributed by atoms with Gasteiger partial charge in [-0.15, -0.1) is 0 Å². The molecule has 9 heavy (non-hydrogen) atoms. The van der Waals surface area contributed by atoms with Crippen LogP contribution < -0.4 is 0 Å². The van der Waals surface area contributed by atoms with Crippen molar-refractivity contribution in [3.05, 3.63) is 0 Å². The third-order valence-electron chi connectivity index (χ3n) is 0.408. The van der Waals surface area contributed by atoms with Gasteiger partial charge in [0.1, 0.15) is 0 Å². The molecule has 0 amide bonds. The van der Waals surface area contributed by atoms with Crippen LogP contribution in [0.25, 0.3) is 0 Å². The van der Waals surface area contributed by atoms with Crippen LogP contribution in [-0.4, -0.2) is 11.5 Å². The molecule has 0 radical (unpaired) electrons. The molecule has 0 unspecified atom stereocenters. The second-order valence-corrected chi connectivity index (χ2v) is 2.22. The van der Waals surface area contributed by atoms with Gasteiger partial charge in [-0.3, -0.25) is 0 Å². The van der Waals surface area contributed by atoms with Crippen molar-refractivity contribution in [2.24, 2.45) is 0 Å². The number of hydrogen-bond acceptors (Lipinski definition) is 2. The molecule has 0 atom stereocenters. The van der Waals surface area contributed by atoms with Crippen molar-refractivity contribution in [1.82, 2.24) is 0 Å². The van der Waals surface area contributed by atoms with E-state index >= 15 is 0 Å². The molecule has 0 rings (SSSR count). The van der Waals surface area contributed by atoms with Crippen molar-refractivity contribution < 1.29 is 27.7 Å². The van der Waals surface area contributed by atoms with Crippen LogP contribution in [0, 0.1) is 0 Å². The van der Waals surface area contributed by atoms with Gasteiger partial charge < -0.3 is 25.3 Å². The van der Waals surface area contributed by atoms with Crippen molar-refractivity contribution >= 4 is 25.3 Å². The molecule has 0 aromatic heterocycles. The zero-order valence-corrected chi connectivity index (χ0v) is 13.5. The molecule has 52 valence electrons. The summed E-state index contributed by atoms with van der Waals surface area (Å²) in [5, 5.41) is 0. The van der Waals surface area contributed by atoms with E-state index in [9.17, 15) is 0 Å². The van der Waals surface area contributed by atoms with Gasteiger partial charge in [0.25, 0.3) is 0 Å². The largest absolute Gasteiger partial charge is 2.00 e. The van der Waals surface area contributed by atoms with E-state index in [1.54, 1.807) is 0 Å². The quantitative estimate of drug-likeness (QED) is 0.551. The van der Waals surface area contributed by atoms with Gasteiger partial charge >= 0.3 is 27.7 Å². The van der Waals surface area contributed by atoms with E-state index in [1.807, 2.05) is 0 Å². The van der Waals surface area contributed by atoms with E-state index in [1.165, 1.54) is 0 Å². The topological polar surface area (TPSA) is 0 Å². The van der Waals surface area contributed by atoms with Crippen molar-refractivity contribution in [3.8, 4) is 0 Å². The first-order chi connectivity index (χ1) is 3.83. The van der Waals surface area contributed by atoms with E-state index in [2.05, 4.69) is 39.1 Å². The van der Waals surface area contributed by atoms with E-state index in [0.29, 0.717) is 0 Å². The molecule has 0 aliphatic heterocycles. The third-order valence-corrected chi connectivity index (χ3v) is 1.22. The zero-order valence-electron chi connectivity index (χ0n) is 6.35. The third kappa shape index (κ3) is 42.5. The Labute approximate surface area is 90.5 Å². The first kappa shape index (κ1) is 16.9. The normalized spacial score (nSPS) is 6.67. The summed E-state index contributed by atoms with van der Waals surface area (Å²) in [4.78, 5) is 0. The number of rotatable bonds is 2. The predicted octanol–water partition coefficient (Wildman–Crippen LogP) is 1.88. The molecule has 0 nitrogen and oxygen atoms in total. The van der Waals surface area contributed by atoms with E-state index in [-0.39, 0.29) is 27.7 Å². The average Bonchev–Trinajstić information content (AvgIpc) is 1.88. The Hall–Kier alpha value is 1.64. The van der Waals surface area contributed by atoms with Gasteiger partial charge in [-0.2, -0.15) is 11.5 Å². The van der Waals surface area contributed by atoms with Crippen molar-refractivity contribution in [3.63, 3.8) is 0 Å². The first-order valence-electron chi connectivity index (χ1n) is 2.99. The Kier molecular flexibility index (Phi) is 42.6. The first-order valence-corrected chi connectivity index (χ1v) is 4.15. The maximum absolute atomic E-state index is 4.55. The second-order valence-electron chi connectivity index (χ2n) is 1.41. The van der Waals surface area contributed by atoms with Crippen LogP contribution in [0.15, 0.2) is 0 Å². The molecule has 3 heteroatoms. The monoisotopic (exact) mass is 352 g/mol. The Morgan fingerprint density at radius 3 is 1.00 bits per heavy atom. The molecule has 0 saturated heterocycles. The summed E-state index contributed by atoms with van der Waals surface area (Å²) in [6, 6.07) is 0. The molecule has 0 saturated carbocycles. The van der Waals surface area contributed by atoms with Crippen LogP contribution in [0.1, 0.15) is 26.7 Å². The summed E-state index contributed by atoms with van der Waals surface area (Å²) in [5.74, 6) is 1.81. The van der Waals surface area contributed by atoms with Crippen LogP contribution in [-0.2, 0) is 52.9 Å². The Morgan fingerprint density at radius 1 is 0.889 bits per heavy atom. The molecule has 0 aromatic rings. The molecule has 0 aromatic carbocycles. The maximum Gasteiger partial charge on any atom is 2.00 e. The van der Waals surface area contributed by atoms with Gasteiger partial charge in [0.15, 0.2) is 0 Å². The van der Waals surface area contributed by atoms with Gasteiger partial charge in [-0.25, -0.2) is 0 Å². The van der Waals surface area contributed by atoms with Crippen LogP contribution in [0.5, 0.6) is 0 Å². The van der Waals surface area contributed by atoms with Crippen LogP contribution in [0.4, 0.5) is 0 Å². The summed E-state index contributed by atoms with van der Waals surface area (Å²) in [6.45, 7) is 4.15. The smallest absolute Gasteiger partial charge is 0.793 e. The van der Waals surface area contributed by atoms with Crippen molar-refractivity contribution in [2.45, 2.75) is 26.7 Å². The average molecular weight is 351 g/mol. The van der Waals surface area contributed by atoms with Crippen molar-refractivity contribution in [2.75, 3.05) is 11.5 Å². The molecule has 0 aliphatic carbocycles. The zero-order chi connectivity index (χ0) is 6.83. The molecular formula is C6H14HgS2. The molecular weight excluding hydrogens is 337 g/mol. The molecule has 0 aliphatic rings. The Morgan fingerprint density at radius 2 is 1.00 bits per heavy atom. The van der Waals surface area contributed by atoms with Gasteiger partial charge in [0.2, 0.25) is 0 Å². The van der Waals surface area contributed by atoms with Crippen LogP contribution >= 0.6 is 0 Å². The standard InChI is InChI=1S/2C3H8S.Hg/c2*1-2-3-4;/h2*4H,2-3H2,1H3;/q;;+2/p-2. The Balaban J connectivity index is -0.0000000720. The molecule has 0 spiro atoms. The minimum absolute atomic E-state index is 0. The molecule has 0 fully saturated rings. The van der Waals surface area contributed by atoms with Crippen molar-refractivity contribution in [1.29, 1.82) is 0 Å². The second kappa shape index (κ2) is 22.6. The molecule has 0 N–H and O–H groups in total. The van der Waals surface area contributed by atoms with Gasteiger partial charge in [-0.1, -0.05) is 26.7 Å². The van der Waals surface area contributed by atoms with Gasteiger partial charge in [-0.05, 0) is 0 Å². The van der Waals surface area contributed by atoms with Crippen LogP contribution in [0.2, 0.25) is 0 Å². The Bertz CT molecular complexity index is 19.0. The van der Waals surface area contributed by atoms with Crippen LogP contribution in [0.3, 0.4) is 0 Å². The van der Waals surface area contributed by atoms with Gasteiger partial charge in [0, 0.05) is 0 Å². The SMILES string of the molecule is CCC[S-].CCC[S-].[Hg+2]. The summed E-state index contributed by atoms with van der Waals surface area (Å²) in [7, 11) is 0. The summed E-state index contributed by atoms with van der Waals surface area (Å²) < 4.78 is 0. The fraction of sp³-hybridized carbons (Fsp3) is 1.00. The minimum Gasteiger partial charge on any atom is -0.793 e. The van der Waals surface area contributed by atoms with E-state index in [4.69, 9.17) is 0 Å². The van der Waals surface area contributed by atoms with E-state index in [0.717, 1.165) is 24.3 Å². The summed E-state index contributed by atoms with van der Waals surface area (Å²) in [5.41, 5.74) is 0. The fourth-order valence-electron chi connectivity index (χ4n) is 0. The summed E-state index contributed by atoms with van der Waals surface area (Å²) >= 11 is 9.11. The number of hydrogen-bond donors (Lipinski definition) is 0.